The SMILES string of the molecule is N#CCC(=O)N=C1S[C@@H]2CS(=O)(=O)C[C@H]2N1c1cccc(C(F)(F)F)c1. The first kappa shape index (κ1) is 18.7. The fourth-order valence-electron chi connectivity index (χ4n) is 2.91. The molecule has 1 aromatic rings. The number of alkyl halides is 3. The second kappa shape index (κ2) is 6.59. The number of thioether (sulfide) groups is 1. The first-order valence-corrected chi connectivity index (χ1v) is 10.1. The second-order valence-corrected chi connectivity index (χ2v) is 9.20. The van der Waals surface area contributed by atoms with Gasteiger partial charge in [0.15, 0.2) is 15.0 Å². The lowest BCUT2D eigenvalue weighted by Gasteiger charge is -2.25. The van der Waals surface area contributed by atoms with Crippen molar-refractivity contribution >= 4 is 38.4 Å². The van der Waals surface area contributed by atoms with Crippen molar-refractivity contribution in [2.45, 2.75) is 23.9 Å². The van der Waals surface area contributed by atoms with Gasteiger partial charge in [0.1, 0.15) is 6.42 Å². The Balaban J connectivity index is 2.04. The molecule has 3 rings (SSSR count). The largest absolute Gasteiger partial charge is 0.416 e. The van der Waals surface area contributed by atoms with E-state index in [0.717, 1.165) is 23.9 Å². The van der Waals surface area contributed by atoms with Crippen LogP contribution in [-0.4, -0.2) is 42.3 Å². The molecule has 2 saturated heterocycles. The summed E-state index contributed by atoms with van der Waals surface area (Å²) in [5.41, 5.74) is -0.771. The monoisotopic (exact) mass is 403 g/mol. The number of benzene rings is 1. The Hall–Kier alpha value is -2.06. The molecule has 2 atom stereocenters. The van der Waals surface area contributed by atoms with Crippen molar-refractivity contribution in [2.24, 2.45) is 4.99 Å². The molecule has 2 aliphatic heterocycles. The van der Waals surface area contributed by atoms with Crippen molar-refractivity contribution in [2.75, 3.05) is 16.4 Å². The minimum atomic E-state index is -4.56. The molecule has 0 aromatic heterocycles. The van der Waals surface area contributed by atoms with Gasteiger partial charge < -0.3 is 4.90 Å². The number of nitriles is 1. The summed E-state index contributed by atoms with van der Waals surface area (Å²) in [6.45, 7) is 0. The van der Waals surface area contributed by atoms with Crippen LogP contribution in [0.2, 0.25) is 0 Å². The summed E-state index contributed by atoms with van der Waals surface area (Å²) in [6, 6.07) is 5.49. The Labute approximate surface area is 151 Å². The molecule has 11 heteroatoms. The van der Waals surface area contributed by atoms with E-state index < -0.39 is 45.2 Å². The zero-order valence-electron chi connectivity index (χ0n) is 13.1. The summed E-state index contributed by atoms with van der Waals surface area (Å²) in [7, 11) is -3.32. The van der Waals surface area contributed by atoms with Crippen LogP contribution in [0.25, 0.3) is 0 Å². The molecule has 1 aromatic carbocycles. The highest BCUT2D eigenvalue weighted by Gasteiger charge is 2.49. The van der Waals surface area contributed by atoms with Gasteiger partial charge in [0.25, 0.3) is 5.91 Å². The van der Waals surface area contributed by atoms with Crippen molar-refractivity contribution < 1.29 is 26.4 Å². The summed E-state index contributed by atoms with van der Waals surface area (Å²) in [4.78, 5) is 16.9. The predicted octanol–water partition coefficient (Wildman–Crippen LogP) is 2.22. The van der Waals surface area contributed by atoms with Gasteiger partial charge in [-0.25, -0.2) is 8.42 Å². The van der Waals surface area contributed by atoms with Crippen LogP contribution in [0.15, 0.2) is 29.3 Å². The lowest BCUT2D eigenvalue weighted by Crippen LogP contribution is -2.37. The lowest BCUT2D eigenvalue weighted by atomic mass is 10.1. The Morgan fingerprint density at radius 2 is 2.12 bits per heavy atom. The fourth-order valence-corrected chi connectivity index (χ4v) is 6.84. The van der Waals surface area contributed by atoms with Crippen LogP contribution < -0.4 is 4.90 Å². The molecule has 0 N–H and O–H groups in total. The molecule has 138 valence electrons. The van der Waals surface area contributed by atoms with E-state index in [1.807, 2.05) is 0 Å². The van der Waals surface area contributed by atoms with Crippen LogP contribution in [0.5, 0.6) is 0 Å². The van der Waals surface area contributed by atoms with Gasteiger partial charge in [0.2, 0.25) is 0 Å². The predicted molar refractivity (Wildman–Crippen MR) is 90.4 cm³/mol. The maximum absolute atomic E-state index is 13.0. The van der Waals surface area contributed by atoms with Gasteiger partial charge in [-0.05, 0) is 18.2 Å². The van der Waals surface area contributed by atoms with Gasteiger partial charge in [-0.1, -0.05) is 17.8 Å². The standard InChI is InChI=1S/C15H12F3N3O3S2/c16-15(17,18)9-2-1-3-10(6-9)21-11-7-26(23,24)8-12(11)25-14(21)20-13(22)4-5-19/h1-3,6,11-12H,4,7-8H2/t11-,12-/m1/s1. The Kier molecular flexibility index (Phi) is 4.74. The molecular weight excluding hydrogens is 391 g/mol. The smallest absolute Gasteiger partial charge is 0.316 e. The highest BCUT2D eigenvalue weighted by Crippen LogP contribution is 2.42. The van der Waals surface area contributed by atoms with Crippen molar-refractivity contribution in [1.29, 1.82) is 5.26 Å². The zero-order valence-corrected chi connectivity index (χ0v) is 14.7. The minimum absolute atomic E-state index is 0.112. The van der Waals surface area contributed by atoms with Gasteiger partial charge in [-0.15, -0.1) is 0 Å². The van der Waals surface area contributed by atoms with Gasteiger partial charge in [-0.2, -0.15) is 23.4 Å². The molecular formula is C15H12F3N3O3S2. The molecule has 2 fully saturated rings. The first-order valence-electron chi connectivity index (χ1n) is 7.43. The number of carbonyl (C=O) groups is 1. The summed E-state index contributed by atoms with van der Waals surface area (Å²) < 4.78 is 62.9. The number of rotatable bonds is 2. The average molecular weight is 403 g/mol. The molecule has 6 nitrogen and oxygen atoms in total. The second-order valence-electron chi connectivity index (χ2n) is 5.84. The summed E-state index contributed by atoms with van der Waals surface area (Å²) in [5.74, 6) is -1.09. The molecule has 26 heavy (non-hydrogen) atoms. The van der Waals surface area contributed by atoms with Crippen molar-refractivity contribution in [3.8, 4) is 6.07 Å². The van der Waals surface area contributed by atoms with E-state index in [2.05, 4.69) is 4.99 Å². The minimum Gasteiger partial charge on any atom is -0.316 e. The number of hydrogen-bond acceptors (Lipinski definition) is 5. The number of aliphatic imine (C=N–C) groups is 1. The summed E-state index contributed by atoms with van der Waals surface area (Å²) in [5, 5.41) is 8.28. The number of amidine groups is 1. The Morgan fingerprint density at radius 1 is 1.38 bits per heavy atom. The van der Waals surface area contributed by atoms with E-state index in [1.165, 1.54) is 17.0 Å². The number of halogens is 3. The van der Waals surface area contributed by atoms with Crippen LogP contribution in [0, 0.1) is 11.3 Å². The summed E-state index contributed by atoms with van der Waals surface area (Å²) in [6.07, 6.45) is -5.02. The molecule has 0 bridgehead atoms. The van der Waals surface area contributed by atoms with Crippen LogP contribution >= 0.6 is 11.8 Å². The van der Waals surface area contributed by atoms with Crippen molar-refractivity contribution in [3.63, 3.8) is 0 Å². The summed E-state index contributed by atoms with van der Waals surface area (Å²) >= 11 is 1.04. The highest BCUT2D eigenvalue weighted by atomic mass is 32.2. The highest BCUT2D eigenvalue weighted by molar-refractivity contribution is 8.16. The van der Waals surface area contributed by atoms with E-state index in [9.17, 15) is 26.4 Å². The molecule has 0 spiro atoms. The van der Waals surface area contributed by atoms with E-state index in [-0.39, 0.29) is 22.4 Å². The molecule has 0 radical (unpaired) electrons. The number of fused-ring (bicyclic) bond motifs is 1. The number of hydrogen-bond donors (Lipinski definition) is 0. The van der Waals surface area contributed by atoms with Gasteiger partial charge in [-0.3, -0.25) is 4.79 Å². The quantitative estimate of drug-likeness (QED) is 0.752. The first-order chi connectivity index (χ1) is 12.1. The van der Waals surface area contributed by atoms with E-state index in [4.69, 9.17) is 5.26 Å². The van der Waals surface area contributed by atoms with E-state index >= 15 is 0 Å². The zero-order chi connectivity index (χ0) is 19.1. The average Bonchev–Trinajstić information content (AvgIpc) is 2.97. The Bertz CT molecular complexity index is 922. The maximum atomic E-state index is 13.0. The van der Waals surface area contributed by atoms with Crippen molar-refractivity contribution in [1.82, 2.24) is 0 Å². The molecule has 0 saturated carbocycles. The maximum Gasteiger partial charge on any atom is 0.416 e. The fraction of sp³-hybridized carbons (Fsp3) is 0.400. The molecule has 2 aliphatic rings. The van der Waals surface area contributed by atoms with Crippen LogP contribution in [0.1, 0.15) is 12.0 Å². The third-order valence-corrected chi connectivity index (χ3v) is 7.18. The van der Waals surface area contributed by atoms with Crippen LogP contribution in [0.4, 0.5) is 18.9 Å². The number of carbonyl (C=O) groups excluding carboxylic acids is 1. The van der Waals surface area contributed by atoms with E-state index in [1.54, 1.807) is 6.07 Å². The Morgan fingerprint density at radius 3 is 2.77 bits per heavy atom. The normalized spacial score (nSPS) is 25.9. The molecule has 2 heterocycles. The molecule has 0 aliphatic carbocycles. The topological polar surface area (TPSA) is 90.6 Å². The van der Waals surface area contributed by atoms with Gasteiger partial charge in [0, 0.05) is 10.9 Å². The molecule has 1 amide bonds. The van der Waals surface area contributed by atoms with E-state index in [0.29, 0.717) is 0 Å². The molecule has 0 unspecified atom stereocenters. The van der Waals surface area contributed by atoms with Crippen LogP contribution in [0.3, 0.4) is 0 Å². The number of nitrogens with zero attached hydrogens (tertiary/aromatic N) is 3. The third kappa shape index (κ3) is 3.71. The number of anilines is 1. The lowest BCUT2D eigenvalue weighted by molar-refractivity contribution is -0.137. The third-order valence-electron chi connectivity index (χ3n) is 3.97. The van der Waals surface area contributed by atoms with Gasteiger partial charge in [0.05, 0.1) is 29.2 Å². The van der Waals surface area contributed by atoms with Crippen molar-refractivity contribution in [3.05, 3.63) is 29.8 Å². The number of sulfone groups is 1. The van der Waals surface area contributed by atoms with Crippen LogP contribution in [-0.2, 0) is 20.8 Å². The van der Waals surface area contributed by atoms with Gasteiger partial charge >= 0.3 is 6.18 Å². The number of amides is 1.